The van der Waals surface area contributed by atoms with Crippen LogP contribution in [-0.2, 0) is 0 Å². The van der Waals surface area contributed by atoms with Gasteiger partial charge in [-0.15, -0.1) is 0 Å². The molecule has 0 amide bonds. The van der Waals surface area contributed by atoms with Crippen LogP contribution >= 0.6 is 23.2 Å². The standard InChI is InChI=1S/C15H15Cl2FN2/c1-20(11-5-2-4-10(18)8-11)14(9-19)15-12(16)6-3-7-13(15)17/h2-8,14H,9,19H2,1H3. The SMILES string of the molecule is CN(c1cccc(F)c1)C(CN)c1c(Cl)cccc1Cl. The van der Waals surface area contributed by atoms with Crippen molar-refractivity contribution in [2.75, 3.05) is 18.5 Å². The zero-order chi connectivity index (χ0) is 14.7. The van der Waals surface area contributed by atoms with E-state index in [1.807, 2.05) is 18.0 Å². The normalized spacial score (nSPS) is 12.2. The van der Waals surface area contributed by atoms with Gasteiger partial charge in [-0.1, -0.05) is 35.3 Å². The first-order chi connectivity index (χ1) is 9.54. The predicted octanol–water partition coefficient (Wildman–Crippen LogP) is 4.27. The molecule has 2 rings (SSSR count). The molecule has 0 aliphatic rings. The van der Waals surface area contributed by atoms with E-state index >= 15 is 0 Å². The summed E-state index contributed by atoms with van der Waals surface area (Å²) in [7, 11) is 1.84. The van der Waals surface area contributed by atoms with E-state index in [9.17, 15) is 4.39 Å². The average molecular weight is 313 g/mol. The molecule has 2 aromatic carbocycles. The zero-order valence-corrected chi connectivity index (χ0v) is 12.5. The van der Waals surface area contributed by atoms with Gasteiger partial charge in [0.2, 0.25) is 0 Å². The van der Waals surface area contributed by atoms with Crippen LogP contribution in [0.4, 0.5) is 10.1 Å². The predicted molar refractivity (Wildman–Crippen MR) is 83.1 cm³/mol. The molecule has 2 aromatic rings. The van der Waals surface area contributed by atoms with Crippen LogP contribution in [0.5, 0.6) is 0 Å². The maximum Gasteiger partial charge on any atom is 0.125 e. The fourth-order valence-electron chi connectivity index (χ4n) is 2.17. The van der Waals surface area contributed by atoms with Crippen molar-refractivity contribution in [3.05, 3.63) is 63.9 Å². The summed E-state index contributed by atoms with van der Waals surface area (Å²) in [6.07, 6.45) is 0. The first kappa shape index (κ1) is 15.1. The van der Waals surface area contributed by atoms with Gasteiger partial charge in [0.25, 0.3) is 0 Å². The number of likely N-dealkylation sites (N-methyl/N-ethyl adjacent to an activating group) is 1. The molecule has 20 heavy (non-hydrogen) atoms. The van der Waals surface area contributed by atoms with Crippen molar-refractivity contribution in [2.24, 2.45) is 5.73 Å². The fourth-order valence-corrected chi connectivity index (χ4v) is 2.82. The van der Waals surface area contributed by atoms with Crippen molar-refractivity contribution in [1.82, 2.24) is 0 Å². The third-order valence-corrected chi connectivity index (χ3v) is 3.90. The van der Waals surface area contributed by atoms with Crippen molar-refractivity contribution in [1.29, 1.82) is 0 Å². The molecule has 0 saturated carbocycles. The van der Waals surface area contributed by atoms with E-state index in [0.29, 0.717) is 16.6 Å². The fraction of sp³-hybridized carbons (Fsp3) is 0.200. The molecule has 0 spiro atoms. The molecule has 5 heteroatoms. The summed E-state index contributed by atoms with van der Waals surface area (Å²) < 4.78 is 13.3. The Hall–Kier alpha value is -1.29. The van der Waals surface area contributed by atoms with Gasteiger partial charge in [0, 0.05) is 34.9 Å². The highest BCUT2D eigenvalue weighted by atomic mass is 35.5. The molecule has 0 aliphatic heterocycles. The first-order valence-corrected chi connectivity index (χ1v) is 6.92. The smallest absolute Gasteiger partial charge is 0.125 e. The number of hydrogen-bond donors (Lipinski definition) is 1. The Bertz CT molecular complexity index is 584. The van der Waals surface area contributed by atoms with Gasteiger partial charge in [-0.2, -0.15) is 0 Å². The molecule has 0 saturated heterocycles. The van der Waals surface area contributed by atoms with E-state index in [1.54, 1.807) is 24.3 Å². The maximum absolute atomic E-state index is 13.3. The number of rotatable bonds is 4. The Morgan fingerprint density at radius 3 is 2.30 bits per heavy atom. The van der Waals surface area contributed by atoms with E-state index in [4.69, 9.17) is 28.9 Å². The van der Waals surface area contributed by atoms with Crippen LogP contribution < -0.4 is 10.6 Å². The van der Waals surface area contributed by atoms with Gasteiger partial charge in [-0.25, -0.2) is 4.39 Å². The Morgan fingerprint density at radius 1 is 1.15 bits per heavy atom. The quantitative estimate of drug-likeness (QED) is 0.913. The van der Waals surface area contributed by atoms with Gasteiger partial charge in [-0.3, -0.25) is 0 Å². The van der Waals surface area contributed by atoms with Gasteiger partial charge < -0.3 is 10.6 Å². The lowest BCUT2D eigenvalue weighted by atomic mass is 10.0. The lowest BCUT2D eigenvalue weighted by Gasteiger charge is -2.30. The zero-order valence-electron chi connectivity index (χ0n) is 11.0. The molecular weight excluding hydrogens is 298 g/mol. The molecule has 0 radical (unpaired) electrons. The number of halogens is 3. The van der Waals surface area contributed by atoms with E-state index in [2.05, 4.69) is 0 Å². The second-order valence-electron chi connectivity index (χ2n) is 4.48. The second kappa shape index (κ2) is 6.44. The summed E-state index contributed by atoms with van der Waals surface area (Å²) in [5.74, 6) is -0.296. The number of nitrogens with zero attached hydrogens (tertiary/aromatic N) is 1. The summed E-state index contributed by atoms with van der Waals surface area (Å²) in [6.45, 7) is 0.316. The van der Waals surface area contributed by atoms with Crippen LogP contribution in [0.15, 0.2) is 42.5 Å². The second-order valence-corrected chi connectivity index (χ2v) is 5.29. The Kier molecular flexibility index (Phi) is 4.86. The van der Waals surface area contributed by atoms with Gasteiger partial charge in [-0.05, 0) is 30.3 Å². The third-order valence-electron chi connectivity index (χ3n) is 3.24. The largest absolute Gasteiger partial charge is 0.366 e. The van der Waals surface area contributed by atoms with E-state index in [0.717, 1.165) is 11.3 Å². The van der Waals surface area contributed by atoms with Crippen LogP contribution in [0.25, 0.3) is 0 Å². The molecule has 1 atom stereocenters. The summed E-state index contributed by atoms with van der Waals surface area (Å²) >= 11 is 12.5. The molecule has 2 nitrogen and oxygen atoms in total. The highest BCUT2D eigenvalue weighted by Crippen LogP contribution is 2.34. The topological polar surface area (TPSA) is 29.3 Å². The summed E-state index contributed by atoms with van der Waals surface area (Å²) in [5.41, 5.74) is 7.34. The highest BCUT2D eigenvalue weighted by molar-refractivity contribution is 6.36. The molecule has 0 aromatic heterocycles. The summed E-state index contributed by atoms with van der Waals surface area (Å²) in [5, 5.41) is 1.10. The van der Waals surface area contributed by atoms with E-state index in [-0.39, 0.29) is 11.9 Å². The monoisotopic (exact) mass is 312 g/mol. The van der Waals surface area contributed by atoms with E-state index in [1.165, 1.54) is 12.1 Å². The van der Waals surface area contributed by atoms with Crippen molar-refractivity contribution in [3.63, 3.8) is 0 Å². The van der Waals surface area contributed by atoms with Crippen LogP contribution in [-0.4, -0.2) is 13.6 Å². The van der Waals surface area contributed by atoms with Crippen LogP contribution in [0, 0.1) is 5.82 Å². The molecular formula is C15H15Cl2FN2. The Balaban J connectivity index is 2.42. The molecule has 2 N–H and O–H groups in total. The van der Waals surface area contributed by atoms with Gasteiger partial charge in [0.05, 0.1) is 6.04 Å². The van der Waals surface area contributed by atoms with Crippen molar-refractivity contribution < 1.29 is 4.39 Å². The Labute approximate surface area is 127 Å². The van der Waals surface area contributed by atoms with Crippen LogP contribution in [0.3, 0.4) is 0 Å². The van der Waals surface area contributed by atoms with Crippen LogP contribution in [0.1, 0.15) is 11.6 Å². The minimum atomic E-state index is -0.296. The average Bonchev–Trinajstić information content (AvgIpc) is 2.42. The summed E-state index contributed by atoms with van der Waals surface area (Å²) in [4.78, 5) is 1.87. The minimum Gasteiger partial charge on any atom is -0.366 e. The lowest BCUT2D eigenvalue weighted by Crippen LogP contribution is -2.31. The molecule has 106 valence electrons. The van der Waals surface area contributed by atoms with Gasteiger partial charge in [0.15, 0.2) is 0 Å². The van der Waals surface area contributed by atoms with Crippen molar-refractivity contribution in [2.45, 2.75) is 6.04 Å². The number of anilines is 1. The molecule has 1 unspecified atom stereocenters. The van der Waals surface area contributed by atoms with Gasteiger partial charge in [0.1, 0.15) is 5.82 Å². The highest BCUT2D eigenvalue weighted by Gasteiger charge is 2.21. The number of hydrogen-bond acceptors (Lipinski definition) is 2. The molecule has 0 fully saturated rings. The van der Waals surface area contributed by atoms with Crippen LogP contribution in [0.2, 0.25) is 10.0 Å². The van der Waals surface area contributed by atoms with Crippen molar-refractivity contribution in [3.8, 4) is 0 Å². The lowest BCUT2D eigenvalue weighted by molar-refractivity contribution is 0.623. The first-order valence-electron chi connectivity index (χ1n) is 6.17. The van der Waals surface area contributed by atoms with E-state index < -0.39 is 0 Å². The number of benzene rings is 2. The molecule has 0 heterocycles. The summed E-state index contributed by atoms with van der Waals surface area (Å²) in [6, 6.07) is 11.4. The number of nitrogens with two attached hydrogens (primary N) is 1. The minimum absolute atomic E-state index is 0.224. The third kappa shape index (κ3) is 3.06. The maximum atomic E-state index is 13.3. The molecule has 0 aliphatic carbocycles. The Morgan fingerprint density at radius 2 is 1.75 bits per heavy atom. The van der Waals surface area contributed by atoms with Gasteiger partial charge >= 0.3 is 0 Å². The van der Waals surface area contributed by atoms with Crippen molar-refractivity contribution >= 4 is 28.9 Å². The molecule has 0 bridgehead atoms.